The highest BCUT2D eigenvalue weighted by molar-refractivity contribution is 7.89. The van der Waals surface area contributed by atoms with Gasteiger partial charge in [0.15, 0.2) is 6.10 Å². The number of rotatable bonds is 3. The molecular formula is C18H19F5N4O3S. The highest BCUT2D eigenvalue weighted by Gasteiger charge is 2.54. The zero-order valence-electron chi connectivity index (χ0n) is 16.2. The number of aromatic nitrogens is 2. The monoisotopic (exact) mass is 466 g/mol. The maximum atomic E-state index is 14.2. The van der Waals surface area contributed by atoms with E-state index in [1.807, 2.05) is 0 Å². The molecule has 0 amide bonds. The first-order chi connectivity index (χ1) is 14.3. The number of ether oxygens (including phenoxy) is 1. The van der Waals surface area contributed by atoms with Gasteiger partial charge >= 0.3 is 6.18 Å². The average molecular weight is 466 g/mol. The molecule has 0 spiro atoms. The molecule has 13 heteroatoms. The van der Waals surface area contributed by atoms with Crippen LogP contribution in [0.4, 0.5) is 22.0 Å². The topological polar surface area (TPSA) is 90.5 Å². The summed E-state index contributed by atoms with van der Waals surface area (Å²) in [6.45, 7) is 0.00134. The first kappa shape index (κ1) is 22.1. The van der Waals surface area contributed by atoms with Gasteiger partial charge in [0.1, 0.15) is 17.7 Å². The lowest BCUT2D eigenvalue weighted by Crippen LogP contribution is -2.58. The summed E-state index contributed by atoms with van der Waals surface area (Å²) in [5.41, 5.74) is 6.51. The summed E-state index contributed by atoms with van der Waals surface area (Å²) in [5, 5.41) is 3.94. The lowest BCUT2D eigenvalue weighted by atomic mass is 9.89. The van der Waals surface area contributed by atoms with Gasteiger partial charge in [-0.2, -0.15) is 22.4 Å². The molecule has 1 aromatic heterocycles. The second kappa shape index (κ2) is 7.50. The summed E-state index contributed by atoms with van der Waals surface area (Å²) in [7, 11) is -3.62. The van der Waals surface area contributed by atoms with Crippen LogP contribution in [-0.2, 0) is 27.8 Å². The fourth-order valence-electron chi connectivity index (χ4n) is 4.10. The van der Waals surface area contributed by atoms with Gasteiger partial charge in [0.25, 0.3) is 10.0 Å². The molecule has 3 heterocycles. The SMILES string of the molecule is CS(=O)(=O)n1cc2c(n1)CN(C1CC(N)C(c3cc(F)ccc3F)OC1C(F)(F)F)C2. The molecule has 4 unspecified atom stereocenters. The molecule has 2 aromatic rings. The maximum absolute atomic E-state index is 14.2. The van der Waals surface area contributed by atoms with Gasteiger partial charge in [0.2, 0.25) is 0 Å². The van der Waals surface area contributed by atoms with E-state index in [2.05, 4.69) is 5.10 Å². The van der Waals surface area contributed by atoms with Crippen molar-refractivity contribution in [1.29, 1.82) is 0 Å². The molecule has 0 bridgehead atoms. The molecule has 2 aliphatic heterocycles. The molecule has 0 saturated carbocycles. The van der Waals surface area contributed by atoms with Crippen molar-refractivity contribution < 1.29 is 35.1 Å². The first-order valence-corrected chi connectivity index (χ1v) is 11.1. The minimum absolute atomic E-state index is 0.0236. The molecule has 170 valence electrons. The van der Waals surface area contributed by atoms with Crippen molar-refractivity contribution >= 4 is 10.0 Å². The molecule has 1 fully saturated rings. The van der Waals surface area contributed by atoms with Crippen molar-refractivity contribution in [2.45, 2.75) is 50.0 Å². The fourth-order valence-corrected chi connectivity index (χ4v) is 4.67. The highest BCUT2D eigenvalue weighted by Crippen LogP contribution is 2.42. The van der Waals surface area contributed by atoms with E-state index >= 15 is 0 Å². The standard InChI is InChI=1S/C18H19F5N4O3S/c1-31(28,29)27-7-9-6-26(8-14(9)25-27)15-5-13(24)16(30-17(15)18(21,22)23)11-4-10(19)2-3-12(11)20/h2-4,7,13,15-17H,5-6,8,24H2,1H3. The van der Waals surface area contributed by atoms with Crippen molar-refractivity contribution in [2.24, 2.45) is 5.73 Å². The maximum Gasteiger partial charge on any atom is 0.416 e. The molecule has 31 heavy (non-hydrogen) atoms. The van der Waals surface area contributed by atoms with Crippen LogP contribution < -0.4 is 5.73 Å². The van der Waals surface area contributed by atoms with E-state index in [9.17, 15) is 30.4 Å². The molecule has 7 nitrogen and oxygen atoms in total. The molecule has 4 atom stereocenters. The van der Waals surface area contributed by atoms with E-state index in [1.54, 1.807) is 0 Å². The zero-order chi connectivity index (χ0) is 22.7. The molecule has 1 saturated heterocycles. The smallest absolute Gasteiger partial charge is 0.357 e. The third-order valence-corrected chi connectivity index (χ3v) is 6.39. The normalized spacial score (nSPS) is 27.5. The Hall–Kier alpha value is -2.09. The minimum Gasteiger partial charge on any atom is -0.357 e. The van der Waals surface area contributed by atoms with E-state index in [1.165, 1.54) is 11.1 Å². The van der Waals surface area contributed by atoms with Gasteiger partial charge in [0, 0.05) is 42.5 Å². The van der Waals surface area contributed by atoms with Gasteiger partial charge in [-0.1, -0.05) is 0 Å². The molecule has 2 N–H and O–H groups in total. The molecular weight excluding hydrogens is 447 g/mol. The highest BCUT2D eigenvalue weighted by atomic mass is 32.2. The molecule has 2 aliphatic rings. The van der Waals surface area contributed by atoms with Crippen LogP contribution in [0.25, 0.3) is 0 Å². The summed E-state index contributed by atoms with van der Waals surface area (Å²) >= 11 is 0. The predicted molar refractivity (Wildman–Crippen MR) is 98.1 cm³/mol. The number of nitrogens with zero attached hydrogens (tertiary/aromatic N) is 3. The molecule has 0 aliphatic carbocycles. The van der Waals surface area contributed by atoms with Gasteiger partial charge < -0.3 is 10.5 Å². The lowest BCUT2D eigenvalue weighted by molar-refractivity contribution is -0.269. The van der Waals surface area contributed by atoms with Crippen LogP contribution in [0.5, 0.6) is 0 Å². The van der Waals surface area contributed by atoms with Gasteiger partial charge in [0.05, 0.1) is 11.9 Å². The Morgan fingerprint density at radius 1 is 1.23 bits per heavy atom. The van der Waals surface area contributed by atoms with E-state index in [0.29, 0.717) is 11.3 Å². The van der Waals surface area contributed by atoms with Gasteiger partial charge in [-0.15, -0.1) is 0 Å². The van der Waals surface area contributed by atoms with Crippen LogP contribution >= 0.6 is 0 Å². The third-order valence-electron chi connectivity index (χ3n) is 5.52. The number of nitrogens with two attached hydrogens (primary N) is 1. The number of halogens is 5. The van der Waals surface area contributed by atoms with E-state index in [-0.39, 0.29) is 25.1 Å². The largest absolute Gasteiger partial charge is 0.416 e. The Labute approximate surface area is 174 Å². The van der Waals surface area contributed by atoms with Crippen LogP contribution in [0.15, 0.2) is 24.4 Å². The average Bonchev–Trinajstić information content (AvgIpc) is 3.21. The van der Waals surface area contributed by atoms with Gasteiger partial charge in [-0.05, 0) is 24.6 Å². The second-order valence-electron chi connectivity index (χ2n) is 7.79. The molecule has 0 radical (unpaired) electrons. The zero-order valence-corrected chi connectivity index (χ0v) is 17.0. The summed E-state index contributed by atoms with van der Waals surface area (Å²) in [6, 6.07) is 0.226. The Morgan fingerprint density at radius 2 is 1.94 bits per heavy atom. The number of hydrogen-bond acceptors (Lipinski definition) is 6. The molecule has 4 rings (SSSR count). The third kappa shape index (κ3) is 4.19. The minimum atomic E-state index is -4.79. The quantitative estimate of drug-likeness (QED) is 0.697. The van der Waals surface area contributed by atoms with Crippen molar-refractivity contribution in [3.05, 3.63) is 52.9 Å². The van der Waals surface area contributed by atoms with Gasteiger partial charge in [-0.25, -0.2) is 17.2 Å². The number of benzene rings is 1. The summed E-state index contributed by atoms with van der Waals surface area (Å²) in [6.07, 6.45) is -6.53. The Balaban J connectivity index is 1.60. The summed E-state index contributed by atoms with van der Waals surface area (Å²) in [5.74, 6) is -1.72. The number of fused-ring (bicyclic) bond motifs is 1. The van der Waals surface area contributed by atoms with E-state index in [4.69, 9.17) is 10.5 Å². The van der Waals surface area contributed by atoms with Crippen molar-refractivity contribution in [1.82, 2.24) is 14.1 Å². The Morgan fingerprint density at radius 3 is 2.55 bits per heavy atom. The van der Waals surface area contributed by atoms with Crippen LogP contribution in [-0.4, -0.2) is 53.1 Å². The van der Waals surface area contributed by atoms with Crippen molar-refractivity contribution in [3.8, 4) is 0 Å². The van der Waals surface area contributed by atoms with Gasteiger partial charge in [-0.3, -0.25) is 4.90 Å². The Bertz CT molecular complexity index is 1080. The summed E-state index contributed by atoms with van der Waals surface area (Å²) < 4.78 is 98.6. The second-order valence-corrected chi connectivity index (χ2v) is 9.63. The van der Waals surface area contributed by atoms with Crippen LogP contribution in [0, 0.1) is 11.6 Å². The fraction of sp³-hybridized carbons (Fsp3) is 0.500. The number of hydrogen-bond donors (Lipinski definition) is 1. The summed E-state index contributed by atoms with van der Waals surface area (Å²) in [4.78, 5) is 1.46. The predicted octanol–water partition coefficient (Wildman–Crippen LogP) is 2.07. The van der Waals surface area contributed by atoms with Crippen molar-refractivity contribution in [3.63, 3.8) is 0 Å². The first-order valence-electron chi connectivity index (χ1n) is 9.29. The van der Waals surface area contributed by atoms with E-state index < -0.39 is 52.1 Å². The Kier molecular flexibility index (Phi) is 5.35. The van der Waals surface area contributed by atoms with Crippen LogP contribution in [0.2, 0.25) is 0 Å². The van der Waals surface area contributed by atoms with Crippen LogP contribution in [0.3, 0.4) is 0 Å². The van der Waals surface area contributed by atoms with E-state index in [0.717, 1.165) is 28.5 Å². The molecule has 1 aromatic carbocycles. The number of alkyl halides is 3. The van der Waals surface area contributed by atoms with Crippen LogP contribution in [0.1, 0.15) is 29.3 Å². The van der Waals surface area contributed by atoms with Crippen molar-refractivity contribution in [2.75, 3.05) is 6.26 Å². The lowest BCUT2D eigenvalue weighted by Gasteiger charge is -2.44.